The number of hydrogen-bond acceptors (Lipinski definition) is 5. The van der Waals surface area contributed by atoms with Gasteiger partial charge in [0, 0.05) is 39.0 Å². The van der Waals surface area contributed by atoms with Gasteiger partial charge in [-0.25, -0.2) is 8.42 Å². The van der Waals surface area contributed by atoms with E-state index in [1.54, 1.807) is 17.9 Å². The summed E-state index contributed by atoms with van der Waals surface area (Å²) in [4.78, 5) is 24.4. The summed E-state index contributed by atoms with van der Waals surface area (Å²) in [5, 5.41) is 8.73. The fourth-order valence-electron chi connectivity index (χ4n) is 2.54. The number of hydrogen-bond donors (Lipinski definition) is 1. The Morgan fingerprint density at radius 2 is 1.88 bits per heavy atom. The first-order chi connectivity index (χ1) is 11.2. The highest BCUT2D eigenvalue weighted by Gasteiger charge is 2.31. The third-order valence-electron chi connectivity index (χ3n) is 3.78. The summed E-state index contributed by atoms with van der Waals surface area (Å²) in [5.74, 6) is -1.31. The number of carbonyl (C=O) groups is 2. The van der Waals surface area contributed by atoms with Crippen LogP contribution in [0.5, 0.6) is 0 Å². The second-order valence-electron chi connectivity index (χ2n) is 5.75. The predicted molar refractivity (Wildman–Crippen MR) is 90.7 cm³/mol. The molecule has 1 fully saturated rings. The number of piperazine rings is 1. The summed E-state index contributed by atoms with van der Waals surface area (Å²) in [6.07, 6.45) is 0.0960. The molecule has 10 heteroatoms. The molecule has 0 bridgehead atoms. The molecule has 134 valence electrons. The van der Waals surface area contributed by atoms with Crippen molar-refractivity contribution in [3.8, 4) is 0 Å². The van der Waals surface area contributed by atoms with E-state index in [1.165, 1.54) is 10.4 Å². The molecule has 1 aromatic rings. The van der Waals surface area contributed by atoms with Crippen molar-refractivity contribution in [3.05, 3.63) is 16.5 Å². The minimum absolute atomic E-state index is 0.0563. The zero-order valence-corrected chi connectivity index (χ0v) is 15.5. The van der Waals surface area contributed by atoms with Gasteiger partial charge in [0.1, 0.15) is 4.21 Å². The van der Waals surface area contributed by atoms with Crippen LogP contribution in [0.15, 0.2) is 16.3 Å². The van der Waals surface area contributed by atoms with Crippen molar-refractivity contribution in [2.45, 2.75) is 24.0 Å². The van der Waals surface area contributed by atoms with E-state index in [4.69, 9.17) is 16.7 Å². The molecule has 2 heterocycles. The Morgan fingerprint density at radius 3 is 2.38 bits per heavy atom. The molecule has 1 atom stereocenters. The van der Waals surface area contributed by atoms with Crippen LogP contribution in [0.3, 0.4) is 0 Å². The smallest absolute Gasteiger partial charge is 0.303 e. The van der Waals surface area contributed by atoms with Crippen LogP contribution in [-0.4, -0.2) is 60.8 Å². The molecule has 0 unspecified atom stereocenters. The van der Waals surface area contributed by atoms with Gasteiger partial charge in [-0.05, 0) is 18.1 Å². The van der Waals surface area contributed by atoms with E-state index in [9.17, 15) is 18.0 Å². The first-order valence-electron chi connectivity index (χ1n) is 7.45. The molecule has 0 spiro atoms. The minimum atomic E-state index is -3.58. The van der Waals surface area contributed by atoms with Gasteiger partial charge in [0.15, 0.2) is 0 Å². The largest absolute Gasteiger partial charge is 0.481 e. The van der Waals surface area contributed by atoms with E-state index < -0.39 is 16.0 Å². The molecule has 24 heavy (non-hydrogen) atoms. The number of carboxylic acid groups (broad SMARTS) is 1. The van der Waals surface area contributed by atoms with Crippen LogP contribution in [0.2, 0.25) is 4.34 Å². The second kappa shape index (κ2) is 7.81. The van der Waals surface area contributed by atoms with Crippen molar-refractivity contribution in [2.24, 2.45) is 5.92 Å². The number of nitrogens with zero attached hydrogens (tertiary/aromatic N) is 2. The van der Waals surface area contributed by atoms with Crippen molar-refractivity contribution in [1.82, 2.24) is 9.21 Å². The molecule has 0 radical (unpaired) electrons. The fourth-order valence-corrected chi connectivity index (χ4v) is 5.60. The molecule has 0 saturated carbocycles. The van der Waals surface area contributed by atoms with E-state index >= 15 is 0 Å². The molecule has 1 saturated heterocycles. The molecular formula is C14H19ClN2O5S2. The van der Waals surface area contributed by atoms with Gasteiger partial charge in [0.05, 0.1) is 4.34 Å². The lowest BCUT2D eigenvalue weighted by molar-refractivity contribution is -0.138. The summed E-state index contributed by atoms with van der Waals surface area (Å²) in [6, 6.07) is 3.02. The normalized spacial score (nSPS) is 17.7. The number of sulfonamides is 1. The van der Waals surface area contributed by atoms with Crippen LogP contribution in [-0.2, 0) is 19.6 Å². The Hall–Kier alpha value is -1.16. The maximum atomic E-state index is 12.5. The van der Waals surface area contributed by atoms with Crippen LogP contribution >= 0.6 is 22.9 Å². The van der Waals surface area contributed by atoms with Crippen LogP contribution in [0.1, 0.15) is 19.8 Å². The fraction of sp³-hybridized carbons (Fsp3) is 0.571. The van der Waals surface area contributed by atoms with Gasteiger partial charge in [-0.1, -0.05) is 18.5 Å². The Morgan fingerprint density at radius 1 is 1.25 bits per heavy atom. The van der Waals surface area contributed by atoms with Crippen molar-refractivity contribution in [3.63, 3.8) is 0 Å². The Bertz CT molecular complexity index is 711. The SMILES string of the molecule is C[C@H](CC(=O)O)CC(=O)N1CCN(S(=O)(=O)c2ccc(Cl)s2)CC1. The van der Waals surface area contributed by atoms with E-state index in [2.05, 4.69) is 0 Å². The molecule has 1 aliphatic heterocycles. The molecule has 1 aromatic heterocycles. The van der Waals surface area contributed by atoms with E-state index in [0.717, 1.165) is 11.3 Å². The first kappa shape index (κ1) is 19.2. The minimum Gasteiger partial charge on any atom is -0.481 e. The summed E-state index contributed by atoms with van der Waals surface area (Å²) >= 11 is 6.80. The quantitative estimate of drug-likeness (QED) is 0.792. The lowest BCUT2D eigenvalue weighted by Crippen LogP contribution is -2.50. The van der Waals surface area contributed by atoms with Gasteiger partial charge >= 0.3 is 5.97 Å². The zero-order valence-electron chi connectivity index (χ0n) is 13.1. The number of aliphatic carboxylic acids is 1. The summed E-state index contributed by atoms with van der Waals surface area (Å²) in [5.41, 5.74) is 0. The molecular weight excluding hydrogens is 376 g/mol. The summed E-state index contributed by atoms with van der Waals surface area (Å²) in [7, 11) is -3.58. The van der Waals surface area contributed by atoms with Gasteiger partial charge in [0.2, 0.25) is 5.91 Å². The number of rotatable bonds is 6. The van der Waals surface area contributed by atoms with E-state index in [1.807, 2.05) is 0 Å². The molecule has 1 N–H and O–H groups in total. The standard InChI is InChI=1S/C14H19ClN2O5S2/c1-10(9-13(19)20)8-12(18)16-4-6-17(7-5-16)24(21,22)14-3-2-11(15)23-14/h2-3,10H,4-9H2,1H3,(H,19,20)/t10-/m0/s1. The van der Waals surface area contributed by atoms with Crippen LogP contribution in [0.4, 0.5) is 0 Å². The van der Waals surface area contributed by atoms with Gasteiger partial charge in [-0.2, -0.15) is 4.31 Å². The van der Waals surface area contributed by atoms with Gasteiger partial charge < -0.3 is 10.0 Å². The van der Waals surface area contributed by atoms with Crippen LogP contribution in [0.25, 0.3) is 0 Å². The van der Waals surface area contributed by atoms with Gasteiger partial charge in [-0.15, -0.1) is 11.3 Å². The Labute approximate surface area is 149 Å². The molecule has 1 aliphatic rings. The van der Waals surface area contributed by atoms with Gasteiger partial charge in [-0.3, -0.25) is 9.59 Å². The third-order valence-corrected chi connectivity index (χ3v) is 7.38. The van der Waals surface area contributed by atoms with Crippen LogP contribution in [0, 0.1) is 5.92 Å². The zero-order chi connectivity index (χ0) is 17.9. The topological polar surface area (TPSA) is 95.0 Å². The van der Waals surface area contributed by atoms with Crippen molar-refractivity contribution >= 4 is 44.8 Å². The number of halogens is 1. The lowest BCUT2D eigenvalue weighted by atomic mass is 10.0. The Kier molecular flexibility index (Phi) is 6.24. The lowest BCUT2D eigenvalue weighted by Gasteiger charge is -2.34. The highest BCUT2D eigenvalue weighted by Crippen LogP contribution is 2.28. The molecule has 2 rings (SSSR count). The average molecular weight is 395 g/mol. The van der Waals surface area contributed by atoms with Crippen molar-refractivity contribution in [1.29, 1.82) is 0 Å². The third kappa shape index (κ3) is 4.69. The van der Waals surface area contributed by atoms with E-state index in [0.29, 0.717) is 17.4 Å². The predicted octanol–water partition coefficient (Wildman–Crippen LogP) is 1.74. The molecule has 7 nitrogen and oxygen atoms in total. The van der Waals surface area contributed by atoms with Gasteiger partial charge in [0.25, 0.3) is 10.0 Å². The maximum Gasteiger partial charge on any atom is 0.303 e. The summed E-state index contributed by atoms with van der Waals surface area (Å²) < 4.78 is 26.9. The van der Waals surface area contributed by atoms with E-state index in [-0.39, 0.29) is 42.0 Å². The average Bonchev–Trinajstić information content (AvgIpc) is 2.93. The highest BCUT2D eigenvalue weighted by molar-refractivity contribution is 7.91. The molecule has 1 amide bonds. The number of amides is 1. The van der Waals surface area contributed by atoms with Crippen molar-refractivity contribution in [2.75, 3.05) is 26.2 Å². The first-order valence-corrected chi connectivity index (χ1v) is 10.1. The second-order valence-corrected chi connectivity index (χ2v) is 9.63. The monoisotopic (exact) mass is 394 g/mol. The van der Waals surface area contributed by atoms with Crippen LogP contribution < -0.4 is 0 Å². The highest BCUT2D eigenvalue weighted by atomic mass is 35.5. The number of thiophene rings is 1. The number of carbonyl (C=O) groups excluding carboxylic acids is 1. The summed E-state index contributed by atoms with van der Waals surface area (Å²) in [6.45, 7) is 2.76. The maximum absolute atomic E-state index is 12.5. The Balaban J connectivity index is 1.91. The number of carboxylic acids is 1. The molecule has 0 aromatic carbocycles. The van der Waals surface area contributed by atoms with Crippen molar-refractivity contribution < 1.29 is 23.1 Å². The molecule has 0 aliphatic carbocycles.